The normalized spacial score (nSPS) is 11.1. The van der Waals surface area contributed by atoms with E-state index in [4.69, 9.17) is 0 Å². The van der Waals surface area contributed by atoms with Crippen molar-refractivity contribution in [1.82, 2.24) is 0 Å². The van der Waals surface area contributed by atoms with Gasteiger partial charge in [-0.05, 0) is 45.5 Å². The van der Waals surface area contributed by atoms with Gasteiger partial charge in [-0.25, -0.2) is 16.8 Å². The average molecular weight is 535 g/mol. The third-order valence-corrected chi connectivity index (χ3v) is 6.93. The van der Waals surface area contributed by atoms with Crippen LogP contribution in [0.25, 0.3) is 35.4 Å². The van der Waals surface area contributed by atoms with E-state index in [2.05, 4.69) is 0 Å². The van der Waals surface area contributed by atoms with E-state index < -0.39 is 21.4 Å². The van der Waals surface area contributed by atoms with Crippen molar-refractivity contribution in [3.63, 3.8) is 0 Å². The van der Waals surface area contributed by atoms with E-state index in [0.29, 0.717) is 20.9 Å². The minimum absolute atomic E-state index is 0. The molecule has 0 aliphatic rings. The summed E-state index contributed by atoms with van der Waals surface area (Å²) < 4.78 is 45.6. The number of rotatable bonds is 7. The van der Waals surface area contributed by atoms with Gasteiger partial charge in [-0.15, -0.1) is 0 Å². The molecule has 0 fully saturated rings. The van der Waals surface area contributed by atoms with Gasteiger partial charge in [0.1, 0.15) is 0 Å². The summed E-state index contributed by atoms with van der Waals surface area (Å²) in [4.78, 5) is 0.620. The topological polar surface area (TPSA) is 68.3 Å². The second kappa shape index (κ2) is 14.9. The summed E-state index contributed by atoms with van der Waals surface area (Å²) in [5, 5.41) is 0. The summed E-state index contributed by atoms with van der Waals surface area (Å²) in [6.07, 6.45) is 7.39. The molecule has 0 radical (unpaired) electrons. The van der Waals surface area contributed by atoms with Crippen LogP contribution in [0.2, 0.25) is 0 Å². The molecule has 0 aliphatic carbocycles. The summed E-state index contributed by atoms with van der Waals surface area (Å²) in [5.74, 6) is 0. The quantitative estimate of drug-likeness (QED) is 0.210. The van der Waals surface area contributed by atoms with E-state index in [9.17, 15) is 16.8 Å². The molecule has 0 atom stereocenters. The van der Waals surface area contributed by atoms with Crippen LogP contribution in [0, 0.1) is 0 Å². The molecule has 0 N–H and O–H groups in total. The monoisotopic (exact) mass is 534 g/mol. The molecular weight excluding hydrogens is 510 g/mol. The predicted molar refractivity (Wildman–Crippen MR) is 154 cm³/mol. The van der Waals surface area contributed by atoms with Crippen LogP contribution in [0.4, 0.5) is 0 Å². The fourth-order valence-corrected chi connectivity index (χ4v) is 4.67. The van der Waals surface area contributed by atoms with Crippen molar-refractivity contribution < 1.29 is 16.8 Å². The summed E-state index contributed by atoms with van der Waals surface area (Å²) in [7, 11) is -5.28. The molecule has 8 heteroatoms. The first-order valence-corrected chi connectivity index (χ1v) is 12.9. The second-order valence-electron chi connectivity index (χ2n) is 7.54. The molecule has 4 rings (SSSR count). The van der Waals surface area contributed by atoms with Gasteiger partial charge in [-0.3, -0.25) is 0 Å². The summed E-state index contributed by atoms with van der Waals surface area (Å²) in [6, 6.07) is 29.8. The average Bonchev–Trinajstić information content (AvgIpc) is 2.87. The Morgan fingerprint density at radius 1 is 0.417 bits per heavy atom. The molecule has 0 spiro atoms. The molecule has 0 amide bonds. The Bertz CT molecular complexity index is 1390. The van der Waals surface area contributed by atoms with Crippen molar-refractivity contribution in [1.29, 1.82) is 0 Å². The van der Waals surface area contributed by atoms with Crippen LogP contribution >= 0.6 is 0 Å². The second-order valence-corrected chi connectivity index (χ2v) is 9.53. The zero-order valence-corrected chi connectivity index (χ0v) is 19.9. The fraction of sp³-hybridized carbons (Fsp3) is 0. The summed E-state index contributed by atoms with van der Waals surface area (Å²) >= 11 is 0. The third kappa shape index (κ3) is 8.13. The Balaban J connectivity index is 0.00000228. The molecule has 0 saturated heterocycles. The number of thiol groups is 2. The molecule has 36 heavy (non-hydrogen) atoms. The first-order chi connectivity index (χ1) is 16.5. The SMILES string of the molecule is O=[SH](=O)c1ccccc1C=Cc1ccc(-c2ccc(C=Cc3ccccc3[SH](=O)=O)cc2)cc1.[NaH].[NaH]. The van der Waals surface area contributed by atoms with E-state index >= 15 is 0 Å². The standard InChI is InChI=1S/C28H22O4S2.2Na.2H/c29-33(30)27-7-3-1-5-25(27)19-13-21-9-15-23(16-10-21)24-17-11-22(12-18-24)14-20-26-6-2-4-8-28(26)34(31)32;;;;/h1-20,33-34H;;;;. The van der Waals surface area contributed by atoms with Gasteiger partial charge in [0, 0.05) is 0 Å². The first-order valence-electron chi connectivity index (χ1n) is 10.5. The van der Waals surface area contributed by atoms with Gasteiger partial charge in [0.15, 0.2) is 21.4 Å². The number of hydrogen-bond donors (Lipinski definition) is 2. The molecule has 4 aromatic carbocycles. The maximum absolute atomic E-state index is 11.4. The zero-order valence-electron chi connectivity index (χ0n) is 18.1. The van der Waals surface area contributed by atoms with E-state index in [1.807, 2.05) is 72.8 Å². The Kier molecular flexibility index (Phi) is 12.6. The van der Waals surface area contributed by atoms with Crippen LogP contribution < -0.4 is 0 Å². The number of hydrogen-bond acceptors (Lipinski definition) is 4. The van der Waals surface area contributed by atoms with E-state index in [1.54, 1.807) is 48.6 Å². The molecular formula is C28H24Na2O4S2. The van der Waals surface area contributed by atoms with E-state index in [0.717, 1.165) is 22.3 Å². The van der Waals surface area contributed by atoms with Gasteiger partial charge in [-0.1, -0.05) is 109 Å². The molecule has 4 nitrogen and oxygen atoms in total. The zero-order chi connectivity index (χ0) is 23.9. The van der Waals surface area contributed by atoms with Gasteiger partial charge in [0.2, 0.25) is 0 Å². The fourth-order valence-electron chi connectivity index (χ4n) is 3.53. The Hall–Kier alpha value is -1.74. The van der Waals surface area contributed by atoms with Crippen LogP contribution in [-0.2, 0) is 21.4 Å². The van der Waals surface area contributed by atoms with Crippen molar-refractivity contribution in [2.75, 3.05) is 0 Å². The van der Waals surface area contributed by atoms with Crippen molar-refractivity contribution in [2.45, 2.75) is 9.79 Å². The van der Waals surface area contributed by atoms with Crippen molar-refractivity contribution in [3.05, 3.63) is 119 Å². The van der Waals surface area contributed by atoms with Crippen molar-refractivity contribution >= 4 is 105 Å². The van der Waals surface area contributed by atoms with Crippen LogP contribution in [-0.4, -0.2) is 76.0 Å². The van der Waals surface area contributed by atoms with Gasteiger partial charge in [0.05, 0.1) is 9.79 Å². The number of benzene rings is 4. The summed E-state index contributed by atoms with van der Waals surface area (Å²) in [5.41, 5.74) is 5.38. The van der Waals surface area contributed by atoms with Crippen LogP contribution in [0.15, 0.2) is 107 Å². The Labute approximate surface area is 259 Å². The van der Waals surface area contributed by atoms with Crippen LogP contribution in [0.5, 0.6) is 0 Å². The molecule has 0 aliphatic heterocycles. The van der Waals surface area contributed by atoms with Gasteiger partial charge in [0.25, 0.3) is 0 Å². The van der Waals surface area contributed by atoms with E-state index in [1.165, 1.54) is 0 Å². The van der Waals surface area contributed by atoms with Gasteiger partial charge < -0.3 is 0 Å². The maximum atomic E-state index is 11.4. The van der Waals surface area contributed by atoms with Crippen molar-refractivity contribution in [2.24, 2.45) is 0 Å². The molecule has 0 unspecified atom stereocenters. The molecule has 0 heterocycles. The first kappa shape index (κ1) is 30.5. The van der Waals surface area contributed by atoms with Crippen LogP contribution in [0.3, 0.4) is 0 Å². The Morgan fingerprint density at radius 3 is 1.08 bits per heavy atom. The molecule has 0 saturated carbocycles. The molecule has 0 bridgehead atoms. The van der Waals surface area contributed by atoms with Gasteiger partial charge >= 0.3 is 59.1 Å². The summed E-state index contributed by atoms with van der Waals surface area (Å²) in [6.45, 7) is 0. The van der Waals surface area contributed by atoms with Crippen molar-refractivity contribution in [3.8, 4) is 11.1 Å². The molecule has 4 aromatic rings. The molecule has 0 aromatic heterocycles. The van der Waals surface area contributed by atoms with Gasteiger partial charge in [-0.2, -0.15) is 0 Å². The van der Waals surface area contributed by atoms with E-state index in [-0.39, 0.29) is 59.1 Å². The minimum atomic E-state index is -2.64. The Morgan fingerprint density at radius 2 is 0.750 bits per heavy atom. The van der Waals surface area contributed by atoms with Crippen LogP contribution in [0.1, 0.15) is 22.3 Å². The third-order valence-electron chi connectivity index (χ3n) is 5.33. The molecule has 174 valence electrons. The predicted octanol–water partition coefficient (Wildman–Crippen LogP) is 4.34.